The van der Waals surface area contributed by atoms with E-state index in [-0.39, 0.29) is 23.2 Å². The second kappa shape index (κ2) is 6.78. The molecule has 1 aromatic carbocycles. The summed E-state index contributed by atoms with van der Waals surface area (Å²) in [5.74, 6) is -0.232. The van der Waals surface area contributed by atoms with Crippen molar-refractivity contribution in [2.24, 2.45) is 0 Å². The molecular weight excluding hydrogens is 355 g/mol. The smallest absolute Gasteiger partial charge is 0.349 e. The van der Waals surface area contributed by atoms with Crippen molar-refractivity contribution in [1.29, 1.82) is 0 Å². The molecule has 4 rings (SSSR count). The molecule has 1 aliphatic heterocycles. The SMILES string of the molecule is Cc1cc(C(=O)NC[C@@H]2CCCN2)nc2c(C(F)(F)F)cc(C3CC3)cc12. The van der Waals surface area contributed by atoms with Gasteiger partial charge < -0.3 is 10.6 Å². The molecule has 4 nitrogen and oxygen atoms in total. The van der Waals surface area contributed by atoms with Crippen LogP contribution >= 0.6 is 0 Å². The number of alkyl halides is 3. The predicted octanol–water partition coefficient (Wildman–Crippen LogP) is 3.92. The molecule has 2 fully saturated rings. The van der Waals surface area contributed by atoms with Crippen LogP contribution in [-0.4, -0.2) is 30.0 Å². The number of halogens is 3. The highest BCUT2D eigenvalue weighted by Gasteiger charge is 2.36. The van der Waals surface area contributed by atoms with Gasteiger partial charge in [0, 0.05) is 18.0 Å². The summed E-state index contributed by atoms with van der Waals surface area (Å²) >= 11 is 0. The fraction of sp³-hybridized carbons (Fsp3) is 0.500. The summed E-state index contributed by atoms with van der Waals surface area (Å²) in [6.07, 6.45) is -0.625. The van der Waals surface area contributed by atoms with E-state index in [1.54, 1.807) is 19.1 Å². The Morgan fingerprint density at radius 3 is 2.67 bits per heavy atom. The third-order valence-corrected chi connectivity index (χ3v) is 5.40. The molecule has 2 aromatic rings. The summed E-state index contributed by atoms with van der Waals surface area (Å²) in [4.78, 5) is 16.6. The Bertz CT molecular complexity index is 884. The van der Waals surface area contributed by atoms with Gasteiger partial charge in [0.05, 0.1) is 11.1 Å². The molecule has 144 valence electrons. The molecule has 27 heavy (non-hydrogen) atoms. The highest BCUT2D eigenvalue weighted by Crippen LogP contribution is 2.44. The number of hydrogen-bond acceptors (Lipinski definition) is 3. The number of amides is 1. The molecule has 1 saturated heterocycles. The number of fused-ring (bicyclic) bond motifs is 1. The molecule has 2 N–H and O–H groups in total. The van der Waals surface area contributed by atoms with Gasteiger partial charge in [-0.05, 0) is 74.4 Å². The van der Waals surface area contributed by atoms with Gasteiger partial charge in [-0.2, -0.15) is 13.2 Å². The van der Waals surface area contributed by atoms with Gasteiger partial charge in [-0.3, -0.25) is 4.79 Å². The van der Waals surface area contributed by atoms with Gasteiger partial charge in [0.25, 0.3) is 5.91 Å². The number of nitrogens with zero attached hydrogens (tertiary/aromatic N) is 1. The van der Waals surface area contributed by atoms with Gasteiger partial charge in [-0.25, -0.2) is 4.98 Å². The first-order chi connectivity index (χ1) is 12.8. The first kappa shape index (κ1) is 18.2. The van der Waals surface area contributed by atoms with Crippen LogP contribution in [0.15, 0.2) is 18.2 Å². The number of hydrogen-bond donors (Lipinski definition) is 2. The monoisotopic (exact) mass is 377 g/mol. The van der Waals surface area contributed by atoms with Crippen LogP contribution in [0, 0.1) is 6.92 Å². The zero-order valence-electron chi connectivity index (χ0n) is 15.1. The van der Waals surface area contributed by atoms with E-state index in [0.29, 0.717) is 23.1 Å². The van der Waals surface area contributed by atoms with E-state index in [1.807, 2.05) is 0 Å². The van der Waals surface area contributed by atoms with Crippen LogP contribution < -0.4 is 10.6 Å². The molecular formula is C20H22F3N3O. The molecule has 0 bridgehead atoms. The lowest BCUT2D eigenvalue weighted by Gasteiger charge is -2.16. The maximum absolute atomic E-state index is 13.6. The van der Waals surface area contributed by atoms with Crippen molar-refractivity contribution in [1.82, 2.24) is 15.6 Å². The lowest BCUT2D eigenvalue weighted by molar-refractivity contribution is -0.136. The van der Waals surface area contributed by atoms with Crippen LogP contribution in [0.3, 0.4) is 0 Å². The fourth-order valence-electron chi connectivity index (χ4n) is 3.74. The Balaban J connectivity index is 1.70. The average molecular weight is 377 g/mol. The number of carbonyl (C=O) groups is 1. The van der Waals surface area contributed by atoms with Crippen LogP contribution in [0.2, 0.25) is 0 Å². The van der Waals surface area contributed by atoms with Gasteiger partial charge in [0.1, 0.15) is 5.69 Å². The molecule has 0 unspecified atom stereocenters. The summed E-state index contributed by atoms with van der Waals surface area (Å²) in [5.41, 5.74) is 0.484. The number of nitrogens with one attached hydrogen (secondary N) is 2. The minimum absolute atomic E-state index is 0.0302. The summed E-state index contributed by atoms with van der Waals surface area (Å²) < 4.78 is 40.9. The zero-order valence-corrected chi connectivity index (χ0v) is 15.1. The van der Waals surface area contributed by atoms with Gasteiger partial charge in [-0.15, -0.1) is 0 Å². The van der Waals surface area contributed by atoms with Crippen LogP contribution in [0.4, 0.5) is 13.2 Å². The third-order valence-electron chi connectivity index (χ3n) is 5.40. The van der Waals surface area contributed by atoms with Crippen molar-refractivity contribution in [3.8, 4) is 0 Å². The topological polar surface area (TPSA) is 54.0 Å². The number of aromatic nitrogens is 1. The molecule has 0 spiro atoms. The predicted molar refractivity (Wildman–Crippen MR) is 96.8 cm³/mol. The maximum atomic E-state index is 13.6. The van der Waals surface area contributed by atoms with E-state index >= 15 is 0 Å². The van der Waals surface area contributed by atoms with E-state index in [1.165, 1.54) is 6.07 Å². The summed E-state index contributed by atoms with van der Waals surface area (Å²) in [7, 11) is 0. The molecule has 1 atom stereocenters. The van der Waals surface area contributed by atoms with E-state index in [4.69, 9.17) is 0 Å². The van der Waals surface area contributed by atoms with Gasteiger partial charge in [0.2, 0.25) is 0 Å². The Labute approximate surface area is 155 Å². The van der Waals surface area contributed by atoms with Crippen LogP contribution in [0.5, 0.6) is 0 Å². The van der Waals surface area contributed by atoms with Crippen molar-refractivity contribution in [2.75, 3.05) is 13.1 Å². The van der Waals surface area contributed by atoms with Gasteiger partial charge in [0.15, 0.2) is 0 Å². The van der Waals surface area contributed by atoms with Crippen molar-refractivity contribution in [2.45, 2.75) is 50.7 Å². The summed E-state index contributed by atoms with van der Waals surface area (Å²) in [6.45, 7) is 3.10. The molecule has 7 heteroatoms. The number of carbonyl (C=O) groups excluding carboxylic acids is 1. The second-order valence-electron chi connectivity index (χ2n) is 7.56. The van der Waals surface area contributed by atoms with Crippen molar-refractivity contribution in [3.63, 3.8) is 0 Å². The highest BCUT2D eigenvalue weighted by molar-refractivity contribution is 5.97. The Morgan fingerprint density at radius 1 is 1.26 bits per heavy atom. The number of rotatable bonds is 4. The van der Waals surface area contributed by atoms with E-state index in [2.05, 4.69) is 15.6 Å². The molecule has 2 aliphatic rings. The maximum Gasteiger partial charge on any atom is 0.418 e. The minimum atomic E-state index is -4.51. The molecule has 1 aliphatic carbocycles. The van der Waals surface area contributed by atoms with Crippen LogP contribution in [0.1, 0.15) is 58.8 Å². The Hall–Kier alpha value is -2.15. The van der Waals surface area contributed by atoms with E-state index in [9.17, 15) is 18.0 Å². The standard InChI is InChI=1S/C20H22F3N3O/c1-11-7-17(19(27)25-10-14-3-2-6-24-14)26-18-15(11)8-13(12-4-5-12)9-16(18)20(21,22)23/h7-9,12,14,24H,2-6,10H2,1H3,(H,25,27)/t14-/m0/s1. The van der Waals surface area contributed by atoms with E-state index in [0.717, 1.165) is 32.2 Å². The van der Waals surface area contributed by atoms with Gasteiger partial charge in [-0.1, -0.05) is 0 Å². The van der Waals surface area contributed by atoms with Crippen molar-refractivity contribution < 1.29 is 18.0 Å². The quantitative estimate of drug-likeness (QED) is 0.849. The van der Waals surface area contributed by atoms with Crippen molar-refractivity contribution >= 4 is 16.8 Å². The Kier molecular flexibility index (Phi) is 4.58. The minimum Gasteiger partial charge on any atom is -0.349 e. The highest BCUT2D eigenvalue weighted by atomic mass is 19.4. The van der Waals surface area contributed by atoms with E-state index < -0.39 is 17.6 Å². The lowest BCUT2D eigenvalue weighted by Crippen LogP contribution is -2.37. The van der Waals surface area contributed by atoms with Crippen molar-refractivity contribution in [3.05, 3.63) is 40.6 Å². The zero-order chi connectivity index (χ0) is 19.2. The normalized spacial score (nSPS) is 20.2. The lowest BCUT2D eigenvalue weighted by atomic mass is 9.98. The first-order valence-corrected chi connectivity index (χ1v) is 9.37. The number of benzene rings is 1. The molecule has 1 saturated carbocycles. The summed E-state index contributed by atoms with van der Waals surface area (Å²) in [5, 5.41) is 6.53. The molecule has 1 amide bonds. The fourth-order valence-corrected chi connectivity index (χ4v) is 3.74. The first-order valence-electron chi connectivity index (χ1n) is 9.37. The molecule has 2 heterocycles. The van der Waals surface area contributed by atoms with Crippen LogP contribution in [0.25, 0.3) is 10.9 Å². The number of aryl methyl sites for hydroxylation is 1. The second-order valence-corrected chi connectivity index (χ2v) is 7.56. The largest absolute Gasteiger partial charge is 0.418 e. The molecule has 0 radical (unpaired) electrons. The number of pyridine rings is 1. The summed E-state index contributed by atoms with van der Waals surface area (Å²) in [6, 6.07) is 4.80. The van der Waals surface area contributed by atoms with Gasteiger partial charge >= 0.3 is 6.18 Å². The molecule has 1 aromatic heterocycles. The average Bonchev–Trinajstić information content (AvgIpc) is 3.34. The van der Waals surface area contributed by atoms with Crippen LogP contribution in [-0.2, 0) is 6.18 Å². The Morgan fingerprint density at radius 2 is 2.04 bits per heavy atom. The third kappa shape index (κ3) is 3.78.